The van der Waals surface area contributed by atoms with Gasteiger partial charge >= 0.3 is 0 Å². The Labute approximate surface area is 94.6 Å². The fourth-order valence-corrected chi connectivity index (χ4v) is 2.87. The molecule has 1 radical (unpaired) electrons. The standard InChI is InChI=1S/C14H13O2/c15-13-9-5-1-2-6-10(9)14(16)12-8-4-3-7-11(12)13/h1-6,11-13H,7-8H2. The molecule has 2 aliphatic rings. The molecule has 1 aromatic carbocycles. The molecule has 81 valence electrons. The Bertz CT molecular complexity index is 462. The minimum Gasteiger partial charge on any atom is -0.294 e. The van der Waals surface area contributed by atoms with Crippen LogP contribution in [0.3, 0.4) is 0 Å². The van der Waals surface area contributed by atoms with Crippen LogP contribution >= 0.6 is 0 Å². The number of benzene rings is 1. The van der Waals surface area contributed by atoms with Crippen molar-refractivity contribution in [3.63, 3.8) is 0 Å². The van der Waals surface area contributed by atoms with E-state index >= 15 is 0 Å². The summed E-state index contributed by atoms with van der Waals surface area (Å²) in [5, 5.41) is 12.3. The van der Waals surface area contributed by atoms with Crippen LogP contribution in [0, 0.1) is 11.8 Å². The van der Waals surface area contributed by atoms with Crippen molar-refractivity contribution >= 4 is 5.78 Å². The summed E-state index contributed by atoms with van der Waals surface area (Å²) in [6.45, 7) is 0. The normalized spacial score (nSPS) is 32.1. The van der Waals surface area contributed by atoms with Crippen LogP contribution < -0.4 is 0 Å². The average Bonchev–Trinajstić information content (AvgIpc) is 2.36. The molecule has 1 aromatic rings. The number of Topliss-reactive ketones (excluding diaryl/α,β-unsaturated/α-hetero) is 1. The molecule has 0 aromatic heterocycles. The molecule has 16 heavy (non-hydrogen) atoms. The first-order valence-corrected chi connectivity index (χ1v) is 5.73. The van der Waals surface area contributed by atoms with Crippen LogP contribution in [0.15, 0.2) is 36.4 Å². The molecule has 0 N–H and O–H groups in total. The number of rotatable bonds is 0. The number of allylic oxidation sites excluding steroid dienone is 2. The van der Waals surface area contributed by atoms with Crippen molar-refractivity contribution in [3.8, 4) is 0 Å². The zero-order valence-corrected chi connectivity index (χ0v) is 8.93. The highest BCUT2D eigenvalue weighted by Gasteiger charge is 2.41. The predicted molar refractivity (Wildman–Crippen MR) is 59.6 cm³/mol. The van der Waals surface area contributed by atoms with E-state index in [2.05, 4.69) is 0 Å². The lowest BCUT2D eigenvalue weighted by Crippen LogP contribution is -2.35. The van der Waals surface area contributed by atoms with Gasteiger partial charge in [-0.1, -0.05) is 36.4 Å². The van der Waals surface area contributed by atoms with Crippen molar-refractivity contribution in [3.05, 3.63) is 47.5 Å². The lowest BCUT2D eigenvalue weighted by Gasteiger charge is -2.35. The number of carbonyl (C=O) groups is 1. The molecule has 0 spiro atoms. The van der Waals surface area contributed by atoms with Gasteiger partial charge in [-0.3, -0.25) is 4.79 Å². The second-order valence-corrected chi connectivity index (χ2v) is 4.59. The van der Waals surface area contributed by atoms with Gasteiger partial charge in [0.2, 0.25) is 0 Å². The molecule has 3 rings (SSSR count). The fraction of sp³-hybridized carbons (Fsp3) is 0.357. The number of hydrogen-bond acceptors (Lipinski definition) is 1. The summed E-state index contributed by atoms with van der Waals surface area (Å²) >= 11 is 0. The molecule has 0 aliphatic heterocycles. The van der Waals surface area contributed by atoms with Crippen LogP contribution in [-0.2, 0) is 5.11 Å². The summed E-state index contributed by atoms with van der Waals surface area (Å²) in [4.78, 5) is 12.2. The van der Waals surface area contributed by atoms with Crippen LogP contribution in [0.4, 0.5) is 0 Å². The predicted octanol–water partition coefficient (Wildman–Crippen LogP) is 2.94. The van der Waals surface area contributed by atoms with E-state index in [-0.39, 0.29) is 17.6 Å². The van der Waals surface area contributed by atoms with Crippen molar-refractivity contribution in [2.75, 3.05) is 0 Å². The third-order valence-electron chi connectivity index (χ3n) is 3.74. The molecule has 2 heteroatoms. The highest BCUT2D eigenvalue weighted by Crippen LogP contribution is 2.43. The molecule has 0 saturated heterocycles. The van der Waals surface area contributed by atoms with Crippen LogP contribution in [-0.4, -0.2) is 5.78 Å². The first kappa shape index (κ1) is 9.79. The molecule has 0 heterocycles. The minimum atomic E-state index is -0.733. The molecular weight excluding hydrogens is 200 g/mol. The maximum absolute atomic E-state index is 12.3. The van der Waals surface area contributed by atoms with Gasteiger partial charge in [0.25, 0.3) is 0 Å². The Kier molecular flexibility index (Phi) is 2.18. The van der Waals surface area contributed by atoms with Crippen LogP contribution in [0.5, 0.6) is 0 Å². The summed E-state index contributed by atoms with van der Waals surface area (Å²) in [5.41, 5.74) is 1.35. The zero-order chi connectivity index (χ0) is 11.1. The van der Waals surface area contributed by atoms with Gasteiger partial charge in [-0.05, 0) is 18.4 Å². The first-order valence-electron chi connectivity index (χ1n) is 5.73. The Morgan fingerprint density at radius 2 is 1.81 bits per heavy atom. The van der Waals surface area contributed by atoms with Crippen LogP contribution in [0.1, 0.15) is 34.9 Å². The monoisotopic (exact) mass is 213 g/mol. The number of hydrogen-bond donors (Lipinski definition) is 0. The third-order valence-corrected chi connectivity index (χ3v) is 3.74. The van der Waals surface area contributed by atoms with E-state index in [0.717, 1.165) is 12.8 Å². The average molecular weight is 213 g/mol. The minimum absolute atomic E-state index is 0.0348. The van der Waals surface area contributed by atoms with Crippen molar-refractivity contribution in [1.82, 2.24) is 0 Å². The molecular formula is C14H13O2. The number of carbonyl (C=O) groups excluding carboxylic acids is 1. The van der Waals surface area contributed by atoms with Gasteiger partial charge < -0.3 is 0 Å². The first-order chi connectivity index (χ1) is 7.79. The third kappa shape index (κ3) is 1.26. The van der Waals surface area contributed by atoms with Gasteiger partial charge in [0.05, 0.1) is 0 Å². The van der Waals surface area contributed by atoms with E-state index in [9.17, 15) is 9.90 Å². The zero-order valence-electron chi connectivity index (χ0n) is 8.93. The van der Waals surface area contributed by atoms with Gasteiger partial charge in [-0.2, -0.15) is 0 Å². The summed E-state index contributed by atoms with van der Waals surface area (Å²) < 4.78 is 0. The van der Waals surface area contributed by atoms with Crippen LogP contribution in [0.25, 0.3) is 0 Å². The van der Waals surface area contributed by atoms with Gasteiger partial charge in [0.1, 0.15) is 6.10 Å². The molecule has 3 atom stereocenters. The van der Waals surface area contributed by atoms with E-state index in [0.29, 0.717) is 11.1 Å². The Morgan fingerprint density at radius 1 is 1.06 bits per heavy atom. The highest BCUT2D eigenvalue weighted by atomic mass is 16.3. The highest BCUT2D eigenvalue weighted by molar-refractivity contribution is 6.00. The van der Waals surface area contributed by atoms with Crippen molar-refractivity contribution in [2.45, 2.75) is 18.9 Å². The van der Waals surface area contributed by atoms with E-state index in [1.165, 1.54) is 0 Å². The van der Waals surface area contributed by atoms with E-state index in [1.807, 2.05) is 24.3 Å². The van der Waals surface area contributed by atoms with Gasteiger partial charge in [0.15, 0.2) is 5.78 Å². The number of fused-ring (bicyclic) bond motifs is 2. The van der Waals surface area contributed by atoms with Gasteiger partial charge in [-0.25, -0.2) is 5.11 Å². The summed E-state index contributed by atoms with van der Waals surface area (Å²) in [5.74, 6) is 0.0480. The van der Waals surface area contributed by atoms with Crippen molar-refractivity contribution in [2.24, 2.45) is 11.8 Å². The second-order valence-electron chi connectivity index (χ2n) is 4.59. The molecule has 0 bridgehead atoms. The lowest BCUT2D eigenvalue weighted by atomic mass is 9.68. The Hall–Kier alpha value is -1.41. The SMILES string of the molecule is [O]C1c2ccccc2C(=O)C2CC=CCC21. The topological polar surface area (TPSA) is 37.0 Å². The summed E-state index contributed by atoms with van der Waals surface area (Å²) in [7, 11) is 0. The maximum Gasteiger partial charge on any atom is 0.167 e. The largest absolute Gasteiger partial charge is 0.294 e. The summed E-state index contributed by atoms with van der Waals surface area (Å²) in [6.07, 6.45) is 4.81. The lowest BCUT2D eigenvalue weighted by molar-refractivity contribution is 0.00284. The van der Waals surface area contributed by atoms with E-state index < -0.39 is 6.10 Å². The maximum atomic E-state index is 12.3. The fourth-order valence-electron chi connectivity index (χ4n) is 2.87. The Morgan fingerprint density at radius 3 is 2.69 bits per heavy atom. The van der Waals surface area contributed by atoms with E-state index in [4.69, 9.17) is 0 Å². The molecule has 2 aliphatic carbocycles. The molecule has 0 fully saturated rings. The molecule has 3 unspecified atom stereocenters. The number of ketones is 1. The van der Waals surface area contributed by atoms with Gasteiger partial charge in [0, 0.05) is 17.4 Å². The van der Waals surface area contributed by atoms with Crippen molar-refractivity contribution in [1.29, 1.82) is 0 Å². The smallest absolute Gasteiger partial charge is 0.167 e. The van der Waals surface area contributed by atoms with Crippen LogP contribution in [0.2, 0.25) is 0 Å². The summed E-state index contributed by atoms with van der Waals surface area (Å²) in [6, 6.07) is 7.27. The van der Waals surface area contributed by atoms with Gasteiger partial charge in [-0.15, -0.1) is 0 Å². The molecule has 0 saturated carbocycles. The van der Waals surface area contributed by atoms with Crippen molar-refractivity contribution < 1.29 is 9.90 Å². The Balaban J connectivity index is 2.12. The quantitative estimate of drug-likeness (QED) is 0.610. The van der Waals surface area contributed by atoms with E-state index in [1.54, 1.807) is 12.1 Å². The second kappa shape index (κ2) is 3.56. The molecule has 0 amide bonds. The molecule has 2 nitrogen and oxygen atoms in total.